The second-order valence-electron chi connectivity index (χ2n) is 4.48. The summed E-state index contributed by atoms with van der Waals surface area (Å²) in [5.41, 5.74) is 0.996. The van der Waals surface area contributed by atoms with Gasteiger partial charge < -0.3 is 9.47 Å². The van der Waals surface area contributed by atoms with Crippen LogP contribution in [0.5, 0.6) is 11.6 Å². The molecule has 0 spiro atoms. The summed E-state index contributed by atoms with van der Waals surface area (Å²) in [6, 6.07) is 15.3. The van der Waals surface area contributed by atoms with Gasteiger partial charge in [0, 0.05) is 10.8 Å². The summed E-state index contributed by atoms with van der Waals surface area (Å²) in [6.07, 6.45) is 0. The molecule has 0 radical (unpaired) electrons. The van der Waals surface area contributed by atoms with Gasteiger partial charge in [0.25, 0.3) is 0 Å². The number of ether oxygens (including phenoxy) is 2. The van der Waals surface area contributed by atoms with Gasteiger partial charge in [-0.05, 0) is 23.8 Å². The zero-order valence-electron chi connectivity index (χ0n) is 11.4. The normalized spacial score (nSPS) is 10.6. The molecule has 3 rings (SSSR count). The fourth-order valence-corrected chi connectivity index (χ4v) is 2.27. The van der Waals surface area contributed by atoms with E-state index in [1.165, 1.54) is 0 Å². The Balaban J connectivity index is 1.87. The van der Waals surface area contributed by atoms with Gasteiger partial charge in [-0.3, -0.25) is 0 Å². The molecule has 1 aromatic heterocycles. The topological polar surface area (TPSA) is 44.2 Å². The minimum atomic E-state index is 0.374. The fraction of sp³-hybridized carbons (Fsp3) is 0.125. The molecule has 1 heterocycles. The first-order valence-corrected chi connectivity index (χ1v) is 6.82. The van der Waals surface area contributed by atoms with Crippen molar-refractivity contribution in [2.24, 2.45) is 0 Å². The van der Waals surface area contributed by atoms with Crippen LogP contribution in [0.15, 0.2) is 48.5 Å². The van der Waals surface area contributed by atoms with Crippen molar-refractivity contribution >= 4 is 22.4 Å². The molecule has 5 heteroatoms. The molecule has 0 aliphatic heterocycles. The van der Waals surface area contributed by atoms with E-state index in [4.69, 9.17) is 21.1 Å². The summed E-state index contributed by atoms with van der Waals surface area (Å²) in [5.74, 6) is 1.26. The number of halogens is 1. The molecule has 106 valence electrons. The van der Waals surface area contributed by atoms with Gasteiger partial charge in [0.15, 0.2) is 5.15 Å². The van der Waals surface area contributed by atoms with E-state index in [-0.39, 0.29) is 0 Å². The Hall–Kier alpha value is -2.33. The van der Waals surface area contributed by atoms with Gasteiger partial charge >= 0.3 is 0 Å². The molecule has 2 aromatic carbocycles. The Morgan fingerprint density at radius 3 is 2.62 bits per heavy atom. The Kier molecular flexibility index (Phi) is 3.88. The molecular formula is C16H13ClN2O2. The van der Waals surface area contributed by atoms with Crippen LogP contribution in [0.4, 0.5) is 0 Å². The van der Waals surface area contributed by atoms with Crippen LogP contribution in [0.3, 0.4) is 0 Å². The summed E-state index contributed by atoms with van der Waals surface area (Å²) in [7, 11) is 1.64. The van der Waals surface area contributed by atoms with Gasteiger partial charge in [-0.25, -0.2) is 0 Å². The summed E-state index contributed by atoms with van der Waals surface area (Å²) in [4.78, 5) is 0. The predicted octanol–water partition coefficient (Wildman–Crippen LogP) is 3.87. The summed E-state index contributed by atoms with van der Waals surface area (Å²) < 4.78 is 11.0. The lowest BCUT2D eigenvalue weighted by Gasteiger charge is -2.09. The molecule has 0 aliphatic carbocycles. The third-order valence-corrected chi connectivity index (χ3v) is 3.40. The van der Waals surface area contributed by atoms with Gasteiger partial charge in [0.1, 0.15) is 12.4 Å². The monoisotopic (exact) mass is 300 g/mol. The minimum Gasteiger partial charge on any atom is -0.497 e. The first-order valence-electron chi connectivity index (χ1n) is 6.44. The molecule has 21 heavy (non-hydrogen) atoms. The van der Waals surface area contributed by atoms with Crippen molar-refractivity contribution in [3.8, 4) is 11.6 Å². The third kappa shape index (κ3) is 2.90. The smallest absolute Gasteiger partial charge is 0.241 e. The first-order chi connectivity index (χ1) is 10.3. The highest BCUT2D eigenvalue weighted by Crippen LogP contribution is 2.27. The number of rotatable bonds is 4. The van der Waals surface area contributed by atoms with Crippen molar-refractivity contribution in [2.75, 3.05) is 7.11 Å². The van der Waals surface area contributed by atoms with Gasteiger partial charge in [0.05, 0.1) is 7.11 Å². The van der Waals surface area contributed by atoms with E-state index >= 15 is 0 Å². The average Bonchev–Trinajstić information content (AvgIpc) is 2.55. The minimum absolute atomic E-state index is 0.374. The van der Waals surface area contributed by atoms with Crippen LogP contribution in [-0.4, -0.2) is 17.3 Å². The maximum Gasteiger partial charge on any atom is 0.241 e. The van der Waals surface area contributed by atoms with Gasteiger partial charge in [-0.15, -0.1) is 10.2 Å². The summed E-state index contributed by atoms with van der Waals surface area (Å²) in [5, 5.41) is 10.00. The van der Waals surface area contributed by atoms with Crippen molar-refractivity contribution in [3.63, 3.8) is 0 Å². The Morgan fingerprint density at radius 2 is 1.81 bits per heavy atom. The van der Waals surface area contributed by atoms with E-state index in [1.807, 2.05) is 48.5 Å². The highest BCUT2D eigenvalue weighted by Gasteiger charge is 2.08. The van der Waals surface area contributed by atoms with Crippen LogP contribution >= 0.6 is 11.6 Å². The van der Waals surface area contributed by atoms with Crippen molar-refractivity contribution < 1.29 is 9.47 Å². The van der Waals surface area contributed by atoms with Crippen molar-refractivity contribution in [1.29, 1.82) is 0 Å². The second-order valence-corrected chi connectivity index (χ2v) is 4.84. The lowest BCUT2D eigenvalue weighted by atomic mass is 10.2. The zero-order valence-corrected chi connectivity index (χ0v) is 12.2. The molecular weight excluding hydrogens is 288 g/mol. The molecule has 0 unspecified atom stereocenters. The predicted molar refractivity (Wildman–Crippen MR) is 81.9 cm³/mol. The van der Waals surface area contributed by atoms with Crippen LogP contribution in [0.1, 0.15) is 5.56 Å². The van der Waals surface area contributed by atoms with Crippen LogP contribution < -0.4 is 9.47 Å². The molecule has 0 amide bonds. The number of methoxy groups -OCH3 is 1. The van der Waals surface area contributed by atoms with E-state index in [1.54, 1.807) is 7.11 Å². The molecule has 3 aromatic rings. The Bertz CT molecular complexity index is 777. The van der Waals surface area contributed by atoms with Gasteiger partial charge in [-0.2, -0.15) is 0 Å². The average molecular weight is 301 g/mol. The van der Waals surface area contributed by atoms with Crippen molar-refractivity contribution in [3.05, 3.63) is 59.2 Å². The fourth-order valence-electron chi connectivity index (χ4n) is 2.07. The maximum atomic E-state index is 6.04. The van der Waals surface area contributed by atoms with Crippen molar-refractivity contribution in [2.45, 2.75) is 6.61 Å². The Morgan fingerprint density at radius 1 is 1.00 bits per heavy atom. The van der Waals surface area contributed by atoms with Crippen molar-refractivity contribution in [1.82, 2.24) is 10.2 Å². The molecule has 0 saturated carbocycles. The maximum absolute atomic E-state index is 6.04. The number of hydrogen-bond donors (Lipinski definition) is 0. The SMILES string of the molecule is COc1cccc(COc2nnc(Cl)c3ccccc23)c1. The first kappa shape index (κ1) is 13.6. The van der Waals surface area contributed by atoms with Crippen LogP contribution in [0.2, 0.25) is 5.15 Å². The molecule has 0 bridgehead atoms. The van der Waals surface area contributed by atoms with E-state index in [2.05, 4.69) is 10.2 Å². The number of fused-ring (bicyclic) bond motifs is 1. The molecule has 0 saturated heterocycles. The zero-order chi connectivity index (χ0) is 14.7. The number of benzene rings is 2. The van der Waals surface area contributed by atoms with Crippen LogP contribution in [0.25, 0.3) is 10.8 Å². The highest BCUT2D eigenvalue weighted by molar-refractivity contribution is 6.34. The number of hydrogen-bond acceptors (Lipinski definition) is 4. The van der Waals surface area contributed by atoms with E-state index in [0.717, 1.165) is 22.1 Å². The number of nitrogens with zero attached hydrogens (tertiary/aromatic N) is 2. The molecule has 0 N–H and O–H groups in total. The second kappa shape index (κ2) is 5.97. The number of aromatic nitrogens is 2. The summed E-state index contributed by atoms with van der Waals surface area (Å²) >= 11 is 6.04. The van der Waals surface area contributed by atoms with Crippen LogP contribution in [0, 0.1) is 0 Å². The van der Waals surface area contributed by atoms with Gasteiger partial charge in [0.2, 0.25) is 5.88 Å². The van der Waals surface area contributed by atoms with E-state index in [9.17, 15) is 0 Å². The Labute approximate surface area is 127 Å². The molecule has 0 atom stereocenters. The molecule has 0 fully saturated rings. The van der Waals surface area contributed by atoms with Crippen LogP contribution in [-0.2, 0) is 6.61 Å². The van der Waals surface area contributed by atoms with E-state index < -0.39 is 0 Å². The lowest BCUT2D eigenvalue weighted by Crippen LogP contribution is -2.00. The third-order valence-electron chi connectivity index (χ3n) is 3.12. The highest BCUT2D eigenvalue weighted by atomic mass is 35.5. The quantitative estimate of drug-likeness (QED) is 0.733. The van der Waals surface area contributed by atoms with Gasteiger partial charge in [-0.1, -0.05) is 41.9 Å². The standard InChI is InChI=1S/C16H13ClN2O2/c1-20-12-6-4-5-11(9-12)10-21-16-14-8-3-2-7-13(14)15(17)18-19-16/h2-9H,10H2,1H3. The molecule has 4 nitrogen and oxygen atoms in total. The largest absolute Gasteiger partial charge is 0.497 e. The lowest BCUT2D eigenvalue weighted by molar-refractivity contribution is 0.294. The van der Waals surface area contributed by atoms with E-state index in [0.29, 0.717) is 17.6 Å². The summed E-state index contributed by atoms with van der Waals surface area (Å²) in [6.45, 7) is 0.386. The molecule has 0 aliphatic rings.